The highest BCUT2D eigenvalue weighted by atomic mass is 32.1. The number of amides is 1. The zero-order valence-corrected chi connectivity index (χ0v) is 14.5. The van der Waals surface area contributed by atoms with Crippen molar-refractivity contribution in [2.75, 3.05) is 18.0 Å². The average Bonchev–Trinajstić information content (AvgIpc) is 3.10. The lowest BCUT2D eigenvalue weighted by atomic mass is 10.3. The van der Waals surface area contributed by atoms with E-state index in [4.69, 9.17) is 0 Å². The number of hydrogen-bond donors (Lipinski definition) is 1. The Balaban J connectivity index is 1.85. The van der Waals surface area contributed by atoms with Crippen molar-refractivity contribution in [3.8, 4) is 0 Å². The van der Waals surface area contributed by atoms with Gasteiger partial charge in [-0.05, 0) is 20.8 Å². The molecule has 0 bridgehead atoms. The quantitative estimate of drug-likeness (QED) is 0.622. The Kier molecular flexibility index (Phi) is 6.02. The topological polar surface area (TPSA) is 70.5 Å². The van der Waals surface area contributed by atoms with Crippen molar-refractivity contribution in [1.82, 2.24) is 15.4 Å². The van der Waals surface area contributed by atoms with E-state index < -0.39 is 0 Å². The number of aromatic nitrogens is 2. The van der Waals surface area contributed by atoms with Gasteiger partial charge in [-0.25, -0.2) is 15.4 Å². The largest absolute Gasteiger partial charge is 0.349 e. The van der Waals surface area contributed by atoms with Crippen molar-refractivity contribution < 1.29 is 4.79 Å². The first-order valence-corrected chi connectivity index (χ1v) is 8.75. The molecule has 6 nitrogen and oxygen atoms in total. The van der Waals surface area contributed by atoms with E-state index in [1.807, 2.05) is 12.3 Å². The number of hydrogen-bond acceptors (Lipinski definition) is 7. The number of thiazole rings is 2. The second kappa shape index (κ2) is 8.00. The highest BCUT2D eigenvalue weighted by Crippen LogP contribution is 2.20. The van der Waals surface area contributed by atoms with Crippen LogP contribution in [-0.2, 0) is 11.2 Å². The van der Waals surface area contributed by atoms with Crippen molar-refractivity contribution in [3.05, 3.63) is 27.2 Å². The van der Waals surface area contributed by atoms with E-state index in [2.05, 4.69) is 39.2 Å². The molecule has 1 amide bonds. The van der Waals surface area contributed by atoms with Gasteiger partial charge in [0.15, 0.2) is 5.13 Å². The fourth-order valence-electron chi connectivity index (χ4n) is 1.84. The van der Waals surface area contributed by atoms with Crippen molar-refractivity contribution >= 4 is 39.9 Å². The number of aryl methyl sites for hydroxylation is 1. The summed E-state index contributed by atoms with van der Waals surface area (Å²) in [6.45, 7) is 7.95. The molecule has 1 N–H and O–H groups in total. The summed E-state index contributed by atoms with van der Waals surface area (Å²) in [4.78, 5) is 23.4. The highest BCUT2D eigenvalue weighted by Gasteiger charge is 2.07. The number of hydrazone groups is 1. The Morgan fingerprint density at radius 1 is 1.45 bits per heavy atom. The molecular weight excluding hydrogens is 318 g/mol. The summed E-state index contributed by atoms with van der Waals surface area (Å²) in [6, 6.07) is 0. The van der Waals surface area contributed by atoms with Crippen LogP contribution in [0.1, 0.15) is 29.4 Å². The Morgan fingerprint density at radius 3 is 2.86 bits per heavy atom. The molecule has 0 aliphatic heterocycles. The molecule has 2 aromatic heterocycles. The van der Waals surface area contributed by atoms with Gasteiger partial charge in [0.2, 0.25) is 5.91 Å². The number of carbonyl (C=O) groups is 1. The molecule has 0 aromatic carbocycles. The standard InChI is InChI=1S/C14H19N5OS2/c1-4-19(5-2)14-15-7-12(22-14)8-16-18-13(20)6-11-9-21-10(3)17-11/h7-9H,4-6H2,1-3H3,(H,18,20)/b16-8-. The van der Waals surface area contributed by atoms with Gasteiger partial charge in [-0.2, -0.15) is 5.10 Å². The van der Waals surface area contributed by atoms with Crippen LogP contribution in [0.25, 0.3) is 0 Å². The molecule has 0 fully saturated rings. The molecule has 0 saturated heterocycles. The van der Waals surface area contributed by atoms with Gasteiger partial charge in [-0.3, -0.25) is 4.79 Å². The number of nitrogens with one attached hydrogen (secondary N) is 1. The first-order chi connectivity index (χ1) is 10.6. The SMILES string of the molecule is CCN(CC)c1ncc(/C=N\NC(=O)Cc2csc(C)n2)s1. The number of rotatable bonds is 7. The van der Waals surface area contributed by atoms with Crippen LogP contribution in [-0.4, -0.2) is 35.2 Å². The monoisotopic (exact) mass is 337 g/mol. The van der Waals surface area contributed by atoms with Crippen LogP contribution in [0.5, 0.6) is 0 Å². The van der Waals surface area contributed by atoms with Gasteiger partial charge >= 0.3 is 0 Å². The molecule has 0 saturated carbocycles. The Bertz CT molecular complexity index is 645. The molecule has 0 aliphatic rings. The predicted octanol–water partition coefficient (Wildman–Crippen LogP) is 2.45. The minimum atomic E-state index is -0.171. The van der Waals surface area contributed by atoms with E-state index in [0.29, 0.717) is 0 Å². The predicted molar refractivity (Wildman–Crippen MR) is 92.0 cm³/mol. The third-order valence-electron chi connectivity index (χ3n) is 2.93. The summed E-state index contributed by atoms with van der Waals surface area (Å²) < 4.78 is 0. The third-order valence-corrected chi connectivity index (χ3v) is 4.75. The van der Waals surface area contributed by atoms with Gasteiger partial charge in [0, 0.05) is 24.7 Å². The lowest BCUT2D eigenvalue weighted by molar-refractivity contribution is -0.120. The minimum Gasteiger partial charge on any atom is -0.349 e. The van der Waals surface area contributed by atoms with Crippen LogP contribution in [0, 0.1) is 6.92 Å². The van der Waals surface area contributed by atoms with E-state index in [1.54, 1.807) is 23.7 Å². The first kappa shape index (κ1) is 16.6. The smallest absolute Gasteiger partial charge is 0.246 e. The summed E-state index contributed by atoms with van der Waals surface area (Å²) in [7, 11) is 0. The van der Waals surface area contributed by atoms with Gasteiger partial charge in [-0.1, -0.05) is 11.3 Å². The van der Waals surface area contributed by atoms with Crippen LogP contribution < -0.4 is 10.3 Å². The lowest BCUT2D eigenvalue weighted by Gasteiger charge is -2.16. The fraction of sp³-hybridized carbons (Fsp3) is 0.429. The summed E-state index contributed by atoms with van der Waals surface area (Å²) in [5.74, 6) is -0.171. The minimum absolute atomic E-state index is 0.171. The Labute approximate surface area is 137 Å². The summed E-state index contributed by atoms with van der Waals surface area (Å²) in [5.41, 5.74) is 3.29. The van der Waals surface area contributed by atoms with Crippen molar-refractivity contribution in [2.45, 2.75) is 27.2 Å². The number of carbonyl (C=O) groups excluding carboxylic acids is 1. The number of anilines is 1. The van der Waals surface area contributed by atoms with Gasteiger partial charge in [-0.15, -0.1) is 11.3 Å². The average molecular weight is 337 g/mol. The maximum atomic E-state index is 11.7. The van der Waals surface area contributed by atoms with Crippen LogP contribution in [0.15, 0.2) is 16.7 Å². The first-order valence-electron chi connectivity index (χ1n) is 7.06. The molecule has 0 radical (unpaired) electrons. The fourth-order valence-corrected chi connectivity index (χ4v) is 3.37. The van der Waals surface area contributed by atoms with Crippen LogP contribution in [0.2, 0.25) is 0 Å². The molecule has 2 rings (SSSR count). The van der Waals surface area contributed by atoms with Crippen molar-refractivity contribution in [2.24, 2.45) is 5.10 Å². The van der Waals surface area contributed by atoms with Crippen LogP contribution in [0.4, 0.5) is 5.13 Å². The van der Waals surface area contributed by atoms with Crippen molar-refractivity contribution in [3.63, 3.8) is 0 Å². The molecule has 8 heteroatoms. The van der Waals surface area contributed by atoms with Gasteiger partial charge < -0.3 is 4.90 Å². The van der Waals surface area contributed by atoms with Crippen molar-refractivity contribution in [1.29, 1.82) is 0 Å². The zero-order valence-electron chi connectivity index (χ0n) is 12.9. The Hall–Kier alpha value is -1.80. The second-order valence-electron chi connectivity index (χ2n) is 4.55. The molecule has 0 spiro atoms. The van der Waals surface area contributed by atoms with Gasteiger partial charge in [0.1, 0.15) is 0 Å². The third kappa shape index (κ3) is 4.60. The molecule has 22 heavy (non-hydrogen) atoms. The van der Waals surface area contributed by atoms with Crippen LogP contribution in [0.3, 0.4) is 0 Å². The molecule has 2 aromatic rings. The van der Waals surface area contributed by atoms with E-state index in [9.17, 15) is 4.79 Å². The van der Waals surface area contributed by atoms with E-state index >= 15 is 0 Å². The molecule has 2 heterocycles. The van der Waals surface area contributed by atoms with Gasteiger partial charge in [0.25, 0.3) is 0 Å². The summed E-state index contributed by atoms with van der Waals surface area (Å²) in [6.07, 6.45) is 3.63. The maximum absolute atomic E-state index is 11.7. The lowest BCUT2D eigenvalue weighted by Crippen LogP contribution is -2.21. The zero-order chi connectivity index (χ0) is 15.9. The second-order valence-corrected chi connectivity index (χ2v) is 6.65. The van der Waals surface area contributed by atoms with Gasteiger partial charge in [0.05, 0.1) is 28.2 Å². The summed E-state index contributed by atoms with van der Waals surface area (Å²) >= 11 is 3.09. The summed E-state index contributed by atoms with van der Waals surface area (Å²) in [5, 5.41) is 7.79. The van der Waals surface area contributed by atoms with E-state index in [1.165, 1.54) is 11.3 Å². The molecular formula is C14H19N5OS2. The molecule has 0 atom stereocenters. The maximum Gasteiger partial charge on any atom is 0.246 e. The van der Waals surface area contributed by atoms with Crippen LogP contribution >= 0.6 is 22.7 Å². The molecule has 118 valence electrons. The van der Waals surface area contributed by atoms with E-state index in [-0.39, 0.29) is 12.3 Å². The Morgan fingerprint density at radius 2 is 2.23 bits per heavy atom. The molecule has 0 unspecified atom stereocenters. The highest BCUT2D eigenvalue weighted by molar-refractivity contribution is 7.17. The number of nitrogens with zero attached hydrogens (tertiary/aromatic N) is 4. The molecule has 0 aliphatic carbocycles. The van der Waals surface area contributed by atoms with E-state index in [0.717, 1.165) is 33.8 Å². The normalized spacial score (nSPS) is 11.0.